The van der Waals surface area contributed by atoms with Gasteiger partial charge in [0.05, 0.1) is 5.39 Å². The van der Waals surface area contributed by atoms with E-state index in [4.69, 9.17) is 16.6 Å². The number of hydrogen-bond donors (Lipinski definition) is 0. The Morgan fingerprint density at radius 3 is 2.52 bits per heavy atom. The predicted octanol–water partition coefficient (Wildman–Crippen LogP) is 7.09. The van der Waals surface area contributed by atoms with Crippen LogP contribution in [0.3, 0.4) is 0 Å². The van der Waals surface area contributed by atoms with Gasteiger partial charge in [0.25, 0.3) is 0 Å². The maximum absolute atomic E-state index is 6.34. The third-order valence-corrected chi connectivity index (χ3v) is 7.53. The lowest BCUT2D eigenvalue weighted by molar-refractivity contribution is 0.403. The summed E-state index contributed by atoms with van der Waals surface area (Å²) in [4.78, 5) is 12.6. The Hall–Kier alpha value is -2.43. The van der Waals surface area contributed by atoms with Gasteiger partial charge in [-0.1, -0.05) is 48.5 Å². The molecule has 158 valence electrons. The molecule has 0 N–H and O–H groups in total. The van der Waals surface area contributed by atoms with Crippen LogP contribution in [0.2, 0.25) is 5.28 Å². The molecule has 0 saturated carbocycles. The second-order valence-corrected chi connectivity index (χ2v) is 9.76. The van der Waals surface area contributed by atoms with Crippen molar-refractivity contribution in [3.8, 4) is 11.1 Å². The maximum atomic E-state index is 6.34. The lowest BCUT2D eigenvalue weighted by Crippen LogP contribution is -2.35. The molecule has 5 heteroatoms. The fourth-order valence-electron chi connectivity index (χ4n) is 4.54. The van der Waals surface area contributed by atoms with Gasteiger partial charge in [-0.3, -0.25) is 0 Å². The minimum atomic E-state index is 0.336. The molecular weight excluding hydrogens is 422 g/mol. The van der Waals surface area contributed by atoms with E-state index in [9.17, 15) is 0 Å². The smallest absolute Gasteiger partial charge is 0.225 e. The molecule has 0 radical (unpaired) electrons. The summed E-state index contributed by atoms with van der Waals surface area (Å²) in [7, 11) is 0. The summed E-state index contributed by atoms with van der Waals surface area (Å²) in [5, 5.41) is 3.67. The van der Waals surface area contributed by atoms with Gasteiger partial charge >= 0.3 is 0 Å². The number of thiophene rings is 1. The number of aromatic nitrogens is 2. The van der Waals surface area contributed by atoms with E-state index in [1.54, 1.807) is 11.3 Å². The van der Waals surface area contributed by atoms with Crippen LogP contribution in [-0.4, -0.2) is 23.1 Å². The number of aryl methyl sites for hydroxylation is 2. The van der Waals surface area contributed by atoms with E-state index in [1.165, 1.54) is 40.7 Å². The number of piperidine rings is 1. The molecule has 1 aliphatic heterocycles. The van der Waals surface area contributed by atoms with E-state index >= 15 is 0 Å². The first-order valence-electron chi connectivity index (χ1n) is 10.9. The Morgan fingerprint density at radius 2 is 1.77 bits per heavy atom. The zero-order chi connectivity index (χ0) is 21.4. The van der Waals surface area contributed by atoms with Crippen LogP contribution in [0.5, 0.6) is 0 Å². The van der Waals surface area contributed by atoms with Gasteiger partial charge in [-0.15, -0.1) is 11.3 Å². The van der Waals surface area contributed by atoms with Crippen molar-refractivity contribution < 1.29 is 0 Å². The monoisotopic (exact) mass is 447 g/mol. The van der Waals surface area contributed by atoms with E-state index in [2.05, 4.69) is 77.6 Å². The van der Waals surface area contributed by atoms with Crippen LogP contribution < -0.4 is 4.90 Å². The van der Waals surface area contributed by atoms with Crippen molar-refractivity contribution in [1.29, 1.82) is 0 Å². The first kappa shape index (κ1) is 20.5. The molecule has 1 fully saturated rings. The molecule has 2 aromatic heterocycles. The summed E-state index contributed by atoms with van der Waals surface area (Å²) in [5.41, 5.74) is 6.48. The number of fused-ring (bicyclic) bond motifs is 1. The molecule has 1 saturated heterocycles. The number of nitrogens with zero attached hydrogens (tertiary/aromatic N) is 3. The van der Waals surface area contributed by atoms with Crippen LogP contribution in [0, 0.1) is 19.8 Å². The maximum Gasteiger partial charge on any atom is 0.225 e. The minimum Gasteiger partial charge on any atom is -0.356 e. The van der Waals surface area contributed by atoms with E-state index in [-0.39, 0.29) is 0 Å². The van der Waals surface area contributed by atoms with Crippen molar-refractivity contribution in [2.45, 2.75) is 33.1 Å². The molecule has 1 aliphatic rings. The SMILES string of the molecule is Cc1ccc(-c2csc3nc(Cl)nc(N4CCC(Cc5ccccc5)CC4)c23)cc1C. The molecule has 0 aliphatic carbocycles. The fraction of sp³-hybridized carbons (Fsp3) is 0.308. The first-order chi connectivity index (χ1) is 15.1. The summed E-state index contributed by atoms with van der Waals surface area (Å²) < 4.78 is 0. The number of hydrogen-bond acceptors (Lipinski definition) is 4. The Morgan fingerprint density at radius 1 is 1.00 bits per heavy atom. The second-order valence-electron chi connectivity index (χ2n) is 8.56. The highest BCUT2D eigenvalue weighted by atomic mass is 35.5. The van der Waals surface area contributed by atoms with Gasteiger partial charge < -0.3 is 4.90 Å². The molecular formula is C26H26ClN3S. The van der Waals surface area contributed by atoms with Gasteiger partial charge in [-0.2, -0.15) is 4.98 Å². The zero-order valence-electron chi connectivity index (χ0n) is 17.9. The zero-order valence-corrected chi connectivity index (χ0v) is 19.5. The Kier molecular flexibility index (Phi) is 5.68. The standard InChI is InChI=1S/C26H26ClN3S/c1-17-8-9-21(14-18(17)2)22-16-31-25-23(22)24(28-26(27)29-25)30-12-10-20(11-13-30)15-19-6-4-3-5-7-19/h3-9,14,16,20H,10-13,15H2,1-2H3. The molecule has 0 unspecified atom stereocenters. The third kappa shape index (κ3) is 4.19. The fourth-order valence-corrected chi connectivity index (χ4v) is 5.70. The van der Waals surface area contributed by atoms with Gasteiger partial charge in [0.2, 0.25) is 5.28 Å². The summed E-state index contributed by atoms with van der Waals surface area (Å²) in [6, 6.07) is 17.5. The highest BCUT2D eigenvalue weighted by molar-refractivity contribution is 7.17. The summed E-state index contributed by atoms with van der Waals surface area (Å²) in [6.07, 6.45) is 3.49. The molecule has 0 spiro atoms. The van der Waals surface area contributed by atoms with Gasteiger partial charge in [0, 0.05) is 24.0 Å². The Balaban J connectivity index is 1.44. The second kappa shape index (κ2) is 8.60. The summed E-state index contributed by atoms with van der Waals surface area (Å²) >= 11 is 7.99. The Bertz CT molecular complexity index is 1210. The molecule has 31 heavy (non-hydrogen) atoms. The van der Waals surface area contributed by atoms with Crippen molar-refractivity contribution in [3.63, 3.8) is 0 Å². The van der Waals surface area contributed by atoms with Crippen LogP contribution >= 0.6 is 22.9 Å². The lowest BCUT2D eigenvalue weighted by atomic mass is 9.90. The minimum absolute atomic E-state index is 0.336. The highest BCUT2D eigenvalue weighted by Gasteiger charge is 2.24. The molecule has 0 bridgehead atoms. The molecule has 2 aromatic carbocycles. The van der Waals surface area contributed by atoms with Crippen LogP contribution in [0.25, 0.3) is 21.3 Å². The number of halogens is 1. The predicted molar refractivity (Wildman–Crippen MR) is 132 cm³/mol. The molecule has 4 aromatic rings. The van der Waals surface area contributed by atoms with Gasteiger partial charge in [-0.25, -0.2) is 4.98 Å². The topological polar surface area (TPSA) is 29.0 Å². The van der Waals surface area contributed by atoms with Gasteiger partial charge in [-0.05, 0) is 72.9 Å². The van der Waals surface area contributed by atoms with Crippen LogP contribution in [-0.2, 0) is 6.42 Å². The quantitative estimate of drug-likeness (QED) is 0.313. The summed E-state index contributed by atoms with van der Waals surface area (Å²) in [6.45, 7) is 6.32. The van der Waals surface area contributed by atoms with Crippen LogP contribution in [0.1, 0.15) is 29.5 Å². The summed E-state index contributed by atoms with van der Waals surface area (Å²) in [5.74, 6) is 1.70. The molecule has 5 rings (SSSR count). The Labute approximate surface area is 192 Å². The lowest BCUT2D eigenvalue weighted by Gasteiger charge is -2.33. The average molecular weight is 448 g/mol. The van der Waals surface area contributed by atoms with E-state index in [1.807, 2.05) is 0 Å². The number of anilines is 1. The molecule has 3 heterocycles. The van der Waals surface area contributed by atoms with Gasteiger partial charge in [0.15, 0.2) is 0 Å². The van der Waals surface area contributed by atoms with Crippen LogP contribution in [0.15, 0.2) is 53.9 Å². The number of benzene rings is 2. The normalized spacial score (nSPS) is 15.0. The van der Waals surface area contributed by atoms with Crippen molar-refractivity contribution in [1.82, 2.24) is 9.97 Å². The van der Waals surface area contributed by atoms with Crippen LogP contribution in [0.4, 0.5) is 5.82 Å². The third-order valence-electron chi connectivity index (χ3n) is 6.49. The van der Waals surface area contributed by atoms with E-state index in [0.717, 1.165) is 35.5 Å². The highest BCUT2D eigenvalue weighted by Crippen LogP contribution is 2.40. The van der Waals surface area contributed by atoms with Gasteiger partial charge in [0.1, 0.15) is 10.6 Å². The average Bonchev–Trinajstić information content (AvgIpc) is 3.20. The van der Waals surface area contributed by atoms with E-state index < -0.39 is 0 Å². The molecule has 3 nitrogen and oxygen atoms in total. The molecule has 0 amide bonds. The first-order valence-corrected chi connectivity index (χ1v) is 12.2. The largest absolute Gasteiger partial charge is 0.356 e. The molecule has 0 atom stereocenters. The van der Waals surface area contributed by atoms with E-state index in [0.29, 0.717) is 11.2 Å². The van der Waals surface area contributed by atoms with Crippen molar-refractivity contribution >= 4 is 39.0 Å². The van der Waals surface area contributed by atoms with Crippen molar-refractivity contribution in [2.75, 3.05) is 18.0 Å². The number of rotatable bonds is 4. The van der Waals surface area contributed by atoms with Crippen molar-refractivity contribution in [2.24, 2.45) is 5.92 Å². The van der Waals surface area contributed by atoms with Crippen molar-refractivity contribution in [3.05, 3.63) is 75.9 Å².